The lowest BCUT2D eigenvalue weighted by molar-refractivity contribution is -0.128. The number of hydrogen-bond acceptors (Lipinski definition) is 2. The molecular weight excluding hydrogens is 319 g/mol. The molecule has 0 atom stereocenters. The van der Waals surface area contributed by atoms with Crippen molar-refractivity contribution in [2.75, 3.05) is 13.1 Å². The molecule has 25 heavy (non-hydrogen) atoms. The van der Waals surface area contributed by atoms with E-state index in [-0.39, 0.29) is 17.6 Å². The van der Waals surface area contributed by atoms with E-state index in [0.29, 0.717) is 31.5 Å². The van der Waals surface area contributed by atoms with Crippen LogP contribution in [0, 0.1) is 5.82 Å². The van der Waals surface area contributed by atoms with E-state index in [1.807, 2.05) is 17.0 Å². The van der Waals surface area contributed by atoms with E-state index in [1.165, 1.54) is 12.1 Å². The van der Waals surface area contributed by atoms with Gasteiger partial charge in [-0.15, -0.1) is 0 Å². The van der Waals surface area contributed by atoms with E-state index in [9.17, 15) is 14.0 Å². The van der Waals surface area contributed by atoms with Gasteiger partial charge in [0.25, 0.3) is 5.91 Å². The molecule has 1 aliphatic rings. The number of carbonyl (C=O) groups is 2. The zero-order valence-electron chi connectivity index (χ0n) is 14.0. The van der Waals surface area contributed by atoms with Gasteiger partial charge in [0.05, 0.1) is 0 Å². The van der Waals surface area contributed by atoms with Crippen molar-refractivity contribution in [1.29, 1.82) is 0 Å². The van der Waals surface area contributed by atoms with E-state index in [0.717, 1.165) is 24.1 Å². The molecule has 4 nitrogen and oxygen atoms in total. The second-order valence-electron chi connectivity index (χ2n) is 6.25. The Hall–Kier alpha value is -2.69. The normalized spacial score (nSPS) is 14.0. The molecule has 1 heterocycles. The highest BCUT2D eigenvalue weighted by Gasteiger charge is 2.19. The van der Waals surface area contributed by atoms with Gasteiger partial charge < -0.3 is 10.2 Å². The Morgan fingerprint density at radius 3 is 2.36 bits per heavy atom. The minimum absolute atomic E-state index is 0.133. The summed E-state index contributed by atoms with van der Waals surface area (Å²) in [6.07, 6.45) is 2.21. The fourth-order valence-corrected chi connectivity index (χ4v) is 2.93. The van der Waals surface area contributed by atoms with Crippen molar-refractivity contribution in [3.8, 4) is 0 Å². The van der Waals surface area contributed by atoms with E-state index in [2.05, 4.69) is 5.32 Å². The van der Waals surface area contributed by atoms with Crippen LogP contribution in [0.25, 0.3) is 0 Å². The van der Waals surface area contributed by atoms with Crippen LogP contribution in [0.15, 0.2) is 48.5 Å². The lowest BCUT2D eigenvalue weighted by atomic mass is 10.1. The summed E-state index contributed by atoms with van der Waals surface area (Å²) in [7, 11) is 0. The zero-order valence-corrected chi connectivity index (χ0v) is 14.0. The number of carbonyl (C=O) groups excluding carboxylic acids is 2. The van der Waals surface area contributed by atoms with E-state index < -0.39 is 0 Å². The fourth-order valence-electron chi connectivity index (χ4n) is 2.93. The molecule has 2 amide bonds. The van der Waals surface area contributed by atoms with Crippen LogP contribution >= 0.6 is 0 Å². The first-order valence-corrected chi connectivity index (χ1v) is 8.51. The highest BCUT2D eigenvalue weighted by atomic mass is 19.1. The van der Waals surface area contributed by atoms with Gasteiger partial charge >= 0.3 is 0 Å². The van der Waals surface area contributed by atoms with Crippen molar-refractivity contribution < 1.29 is 14.0 Å². The Kier molecular flexibility index (Phi) is 5.43. The summed E-state index contributed by atoms with van der Waals surface area (Å²) in [5, 5.41) is 2.86. The van der Waals surface area contributed by atoms with E-state index in [4.69, 9.17) is 0 Å². The van der Waals surface area contributed by atoms with Gasteiger partial charge in [-0.3, -0.25) is 9.59 Å². The maximum Gasteiger partial charge on any atom is 0.251 e. The fraction of sp³-hybridized carbons (Fsp3) is 0.300. The van der Waals surface area contributed by atoms with Crippen molar-refractivity contribution in [3.05, 3.63) is 71.0 Å². The molecule has 1 fully saturated rings. The van der Waals surface area contributed by atoms with Gasteiger partial charge in [-0.05, 0) is 48.2 Å². The van der Waals surface area contributed by atoms with Gasteiger partial charge in [-0.25, -0.2) is 4.39 Å². The molecule has 1 saturated heterocycles. The molecule has 0 unspecified atom stereocenters. The second kappa shape index (κ2) is 7.92. The molecule has 3 rings (SSSR count). The van der Waals surface area contributed by atoms with Crippen LogP contribution in [0.4, 0.5) is 4.39 Å². The molecular formula is C20H21FN2O2. The molecule has 0 saturated carbocycles. The largest absolute Gasteiger partial charge is 0.352 e. The molecule has 0 radical (unpaired) electrons. The summed E-state index contributed by atoms with van der Waals surface area (Å²) in [6, 6.07) is 13.6. The SMILES string of the molecule is O=C(NCCc1ccc(F)cc1)c1ccc(CN2CCCC2=O)cc1. The Balaban J connectivity index is 1.48. The molecule has 0 bridgehead atoms. The molecule has 2 aromatic carbocycles. The quantitative estimate of drug-likeness (QED) is 0.879. The van der Waals surface area contributed by atoms with Crippen LogP contribution in [0.1, 0.15) is 34.3 Å². The predicted molar refractivity (Wildman–Crippen MR) is 93.5 cm³/mol. The minimum atomic E-state index is -0.261. The average molecular weight is 340 g/mol. The number of nitrogens with zero attached hydrogens (tertiary/aromatic N) is 1. The van der Waals surface area contributed by atoms with Gasteiger partial charge in [0, 0.05) is 31.6 Å². The van der Waals surface area contributed by atoms with Crippen molar-refractivity contribution >= 4 is 11.8 Å². The number of rotatable bonds is 6. The third-order valence-electron chi connectivity index (χ3n) is 4.37. The van der Waals surface area contributed by atoms with Crippen LogP contribution in [0.3, 0.4) is 0 Å². The van der Waals surface area contributed by atoms with Crippen molar-refractivity contribution in [2.24, 2.45) is 0 Å². The van der Waals surface area contributed by atoms with Gasteiger partial charge in [-0.2, -0.15) is 0 Å². The van der Waals surface area contributed by atoms with Crippen LogP contribution < -0.4 is 5.32 Å². The van der Waals surface area contributed by atoms with Gasteiger partial charge in [0.15, 0.2) is 0 Å². The lowest BCUT2D eigenvalue weighted by Crippen LogP contribution is -2.26. The van der Waals surface area contributed by atoms with Crippen LogP contribution in [-0.4, -0.2) is 29.8 Å². The predicted octanol–water partition coefficient (Wildman–Crippen LogP) is 2.92. The average Bonchev–Trinajstić information content (AvgIpc) is 3.02. The molecule has 0 aromatic heterocycles. The van der Waals surface area contributed by atoms with Gasteiger partial charge in [0.2, 0.25) is 5.91 Å². The monoisotopic (exact) mass is 340 g/mol. The van der Waals surface area contributed by atoms with Gasteiger partial charge in [-0.1, -0.05) is 24.3 Å². The molecule has 2 aromatic rings. The van der Waals surface area contributed by atoms with Crippen molar-refractivity contribution in [3.63, 3.8) is 0 Å². The first-order valence-electron chi connectivity index (χ1n) is 8.51. The third kappa shape index (κ3) is 4.66. The summed E-state index contributed by atoms with van der Waals surface area (Å²) >= 11 is 0. The summed E-state index contributed by atoms with van der Waals surface area (Å²) in [6.45, 7) is 1.91. The number of amides is 2. The highest BCUT2D eigenvalue weighted by Crippen LogP contribution is 2.14. The van der Waals surface area contributed by atoms with E-state index >= 15 is 0 Å². The number of halogens is 1. The maximum atomic E-state index is 12.8. The Morgan fingerprint density at radius 2 is 1.72 bits per heavy atom. The van der Waals surface area contributed by atoms with E-state index in [1.54, 1.807) is 24.3 Å². The lowest BCUT2D eigenvalue weighted by Gasteiger charge is -2.15. The second-order valence-corrected chi connectivity index (χ2v) is 6.25. The molecule has 0 spiro atoms. The Labute approximate surface area is 146 Å². The summed E-state index contributed by atoms with van der Waals surface area (Å²) in [5.74, 6) is -0.197. The maximum absolute atomic E-state index is 12.8. The van der Waals surface area contributed by atoms with Crippen molar-refractivity contribution in [1.82, 2.24) is 10.2 Å². The number of likely N-dealkylation sites (tertiary alicyclic amines) is 1. The molecule has 130 valence electrons. The standard InChI is InChI=1S/C20H21FN2O2/c21-18-9-5-15(6-10-18)11-12-22-20(25)17-7-3-16(4-8-17)14-23-13-1-2-19(23)24/h3-10H,1-2,11-14H2,(H,22,25). The summed E-state index contributed by atoms with van der Waals surface area (Å²) < 4.78 is 12.8. The van der Waals surface area contributed by atoms with Crippen LogP contribution in [-0.2, 0) is 17.8 Å². The Morgan fingerprint density at radius 1 is 1.04 bits per heavy atom. The topological polar surface area (TPSA) is 49.4 Å². The van der Waals surface area contributed by atoms with Crippen LogP contribution in [0.5, 0.6) is 0 Å². The highest BCUT2D eigenvalue weighted by molar-refractivity contribution is 5.94. The molecule has 1 N–H and O–H groups in total. The summed E-state index contributed by atoms with van der Waals surface area (Å²) in [5.41, 5.74) is 2.60. The first kappa shape index (κ1) is 17.1. The minimum Gasteiger partial charge on any atom is -0.352 e. The number of nitrogens with one attached hydrogen (secondary N) is 1. The third-order valence-corrected chi connectivity index (χ3v) is 4.37. The smallest absolute Gasteiger partial charge is 0.251 e. The summed E-state index contributed by atoms with van der Waals surface area (Å²) in [4.78, 5) is 25.7. The van der Waals surface area contributed by atoms with Crippen molar-refractivity contribution in [2.45, 2.75) is 25.8 Å². The van der Waals surface area contributed by atoms with Crippen LogP contribution in [0.2, 0.25) is 0 Å². The molecule has 1 aliphatic heterocycles. The zero-order chi connectivity index (χ0) is 17.6. The molecule has 0 aliphatic carbocycles. The number of benzene rings is 2. The molecule has 5 heteroatoms. The van der Waals surface area contributed by atoms with Gasteiger partial charge in [0.1, 0.15) is 5.82 Å². The Bertz CT molecular complexity index is 741. The first-order chi connectivity index (χ1) is 12.1. The number of hydrogen-bond donors (Lipinski definition) is 1.